The predicted molar refractivity (Wildman–Crippen MR) is 76.1 cm³/mol. The first-order valence-corrected chi connectivity index (χ1v) is 6.15. The molecule has 104 valence electrons. The number of carbonyl (C=O) groups excluding carboxylic acids is 1. The van der Waals surface area contributed by atoms with Crippen LogP contribution in [0.25, 0.3) is 0 Å². The zero-order valence-electron chi connectivity index (χ0n) is 11.6. The van der Waals surface area contributed by atoms with Crippen LogP contribution in [0.5, 0.6) is 5.75 Å². The maximum Gasteiger partial charge on any atom is 0.307 e. The summed E-state index contributed by atoms with van der Waals surface area (Å²) < 4.78 is 10.3. The summed E-state index contributed by atoms with van der Waals surface area (Å²) in [6.07, 6.45) is 1.44. The molecule has 1 aromatic carbocycles. The molecule has 2 aromatic rings. The number of ether oxygens (including phenoxy) is 1. The second-order valence-electron chi connectivity index (χ2n) is 4.32. The van der Waals surface area contributed by atoms with E-state index in [9.17, 15) is 4.79 Å². The Balaban J connectivity index is 2.18. The van der Waals surface area contributed by atoms with Crippen LogP contribution in [-0.4, -0.2) is 18.7 Å². The molecule has 0 radical (unpaired) electrons. The van der Waals surface area contributed by atoms with Crippen LogP contribution in [0.15, 0.2) is 46.1 Å². The molecule has 0 aliphatic carbocycles. The van der Waals surface area contributed by atoms with Crippen molar-refractivity contribution in [3.8, 4) is 5.75 Å². The highest BCUT2D eigenvalue weighted by Gasteiger charge is 2.09. The minimum atomic E-state index is -0.388. The van der Waals surface area contributed by atoms with Crippen LogP contribution in [0, 0.1) is 6.92 Å². The van der Waals surface area contributed by atoms with Crippen LogP contribution in [-0.2, 0) is 0 Å². The molecule has 0 unspecified atom stereocenters. The Kier molecular flexibility index (Phi) is 4.20. The Morgan fingerprint density at radius 3 is 2.80 bits per heavy atom. The first-order chi connectivity index (χ1) is 9.61. The maximum absolute atomic E-state index is 11.7. The normalized spacial score (nSPS) is 11.2. The van der Waals surface area contributed by atoms with Gasteiger partial charge in [-0.25, -0.2) is 5.43 Å². The molecule has 0 saturated carbocycles. The molecule has 2 rings (SSSR count). The van der Waals surface area contributed by atoms with Gasteiger partial charge in [0.1, 0.15) is 5.75 Å². The zero-order valence-corrected chi connectivity index (χ0v) is 11.6. The second-order valence-corrected chi connectivity index (χ2v) is 4.32. The van der Waals surface area contributed by atoms with E-state index in [0.29, 0.717) is 11.5 Å². The van der Waals surface area contributed by atoms with Crippen LogP contribution in [0.1, 0.15) is 28.6 Å². The van der Waals surface area contributed by atoms with Crippen molar-refractivity contribution in [3.63, 3.8) is 0 Å². The molecule has 0 aliphatic heterocycles. The number of carbonyl (C=O) groups is 1. The highest BCUT2D eigenvalue weighted by molar-refractivity contribution is 6.02. The maximum atomic E-state index is 11.7. The Morgan fingerprint density at radius 1 is 1.35 bits per heavy atom. The molecule has 0 spiro atoms. The van der Waals surface area contributed by atoms with Gasteiger partial charge in [-0.3, -0.25) is 4.79 Å². The minimum Gasteiger partial charge on any atom is -0.496 e. The third-order valence-corrected chi connectivity index (χ3v) is 2.81. The summed E-state index contributed by atoms with van der Waals surface area (Å²) in [6.45, 7) is 3.79. The third-order valence-electron chi connectivity index (χ3n) is 2.81. The fourth-order valence-corrected chi connectivity index (χ4v) is 1.76. The van der Waals surface area contributed by atoms with Gasteiger partial charge in [0.05, 0.1) is 19.1 Å². The van der Waals surface area contributed by atoms with Crippen molar-refractivity contribution in [2.24, 2.45) is 5.10 Å². The number of amides is 1. The first kappa shape index (κ1) is 13.9. The van der Waals surface area contributed by atoms with E-state index in [4.69, 9.17) is 9.15 Å². The Hall–Kier alpha value is -2.56. The summed E-state index contributed by atoms with van der Waals surface area (Å²) in [5.74, 6) is 0.544. The Bertz CT molecular complexity index is 631. The molecule has 5 nitrogen and oxygen atoms in total. The summed E-state index contributed by atoms with van der Waals surface area (Å²) in [5, 5.41) is 4.08. The van der Waals surface area contributed by atoms with Crippen LogP contribution >= 0.6 is 0 Å². The van der Waals surface area contributed by atoms with Crippen molar-refractivity contribution in [2.45, 2.75) is 13.8 Å². The van der Waals surface area contributed by atoms with Gasteiger partial charge in [0.2, 0.25) is 0 Å². The van der Waals surface area contributed by atoms with Crippen molar-refractivity contribution in [1.82, 2.24) is 5.43 Å². The summed E-state index contributed by atoms with van der Waals surface area (Å²) in [7, 11) is 1.60. The second kappa shape index (κ2) is 6.06. The minimum absolute atomic E-state index is 0.220. The zero-order chi connectivity index (χ0) is 14.5. The molecule has 0 atom stereocenters. The molecule has 1 aromatic heterocycles. The van der Waals surface area contributed by atoms with E-state index in [0.717, 1.165) is 11.1 Å². The highest BCUT2D eigenvalue weighted by Crippen LogP contribution is 2.20. The SMILES string of the molecule is COc1ccc(C)cc1/C(C)=N\NC(=O)c1ccco1. The topological polar surface area (TPSA) is 63.8 Å². The number of hydrogen-bond donors (Lipinski definition) is 1. The van der Waals surface area contributed by atoms with Crippen LogP contribution in [0.3, 0.4) is 0 Å². The molecule has 0 aliphatic rings. The molecule has 1 N–H and O–H groups in total. The monoisotopic (exact) mass is 272 g/mol. The molecular formula is C15H16N2O3. The van der Waals surface area contributed by atoms with E-state index in [1.54, 1.807) is 26.2 Å². The third kappa shape index (κ3) is 3.06. The largest absolute Gasteiger partial charge is 0.496 e. The average Bonchev–Trinajstić information content (AvgIpc) is 2.98. The van der Waals surface area contributed by atoms with Gasteiger partial charge in [0, 0.05) is 5.56 Å². The van der Waals surface area contributed by atoms with Crippen LogP contribution in [0.2, 0.25) is 0 Å². The smallest absolute Gasteiger partial charge is 0.307 e. The fraction of sp³-hybridized carbons (Fsp3) is 0.200. The predicted octanol–water partition coefficient (Wildman–Crippen LogP) is 2.75. The van der Waals surface area contributed by atoms with Gasteiger partial charge in [0.25, 0.3) is 0 Å². The summed E-state index contributed by atoms with van der Waals surface area (Å²) in [6, 6.07) is 9.01. The van der Waals surface area contributed by atoms with Crippen LogP contribution in [0.4, 0.5) is 0 Å². The lowest BCUT2D eigenvalue weighted by molar-refractivity contribution is 0.0927. The molecule has 0 fully saturated rings. The van der Waals surface area contributed by atoms with Crippen molar-refractivity contribution < 1.29 is 13.9 Å². The number of aryl methyl sites for hydroxylation is 1. The van der Waals surface area contributed by atoms with Gasteiger partial charge in [-0.2, -0.15) is 5.10 Å². The van der Waals surface area contributed by atoms with Crippen LogP contribution < -0.4 is 10.2 Å². The Morgan fingerprint density at radius 2 is 2.15 bits per heavy atom. The molecule has 1 heterocycles. The molecular weight excluding hydrogens is 256 g/mol. The quantitative estimate of drug-likeness (QED) is 0.687. The van der Waals surface area contributed by atoms with Crippen molar-refractivity contribution in [3.05, 3.63) is 53.5 Å². The number of hydrazone groups is 1. The molecule has 0 saturated heterocycles. The first-order valence-electron chi connectivity index (χ1n) is 6.15. The average molecular weight is 272 g/mol. The molecule has 20 heavy (non-hydrogen) atoms. The fourth-order valence-electron chi connectivity index (χ4n) is 1.76. The van der Waals surface area contributed by atoms with E-state index < -0.39 is 0 Å². The van der Waals surface area contributed by atoms with E-state index >= 15 is 0 Å². The summed E-state index contributed by atoms with van der Waals surface area (Å²) in [5.41, 5.74) is 5.04. The number of rotatable bonds is 4. The van der Waals surface area contributed by atoms with Gasteiger partial charge < -0.3 is 9.15 Å². The van der Waals surface area contributed by atoms with Crippen molar-refractivity contribution in [1.29, 1.82) is 0 Å². The van der Waals surface area contributed by atoms with Gasteiger partial charge >= 0.3 is 5.91 Å². The molecule has 5 heteroatoms. The summed E-state index contributed by atoms with van der Waals surface area (Å²) >= 11 is 0. The lowest BCUT2D eigenvalue weighted by Crippen LogP contribution is -2.18. The number of nitrogens with one attached hydrogen (secondary N) is 1. The van der Waals surface area contributed by atoms with Gasteiger partial charge in [-0.15, -0.1) is 0 Å². The summed E-state index contributed by atoms with van der Waals surface area (Å²) in [4.78, 5) is 11.7. The van der Waals surface area contributed by atoms with Gasteiger partial charge in [-0.05, 0) is 38.1 Å². The van der Waals surface area contributed by atoms with E-state index in [2.05, 4.69) is 10.5 Å². The standard InChI is InChI=1S/C15H16N2O3/c1-10-6-7-13(19-3)12(9-10)11(2)16-17-15(18)14-5-4-8-20-14/h4-9H,1-3H3,(H,17,18)/b16-11-. The van der Waals surface area contributed by atoms with Gasteiger partial charge in [-0.1, -0.05) is 11.6 Å². The number of furan rings is 1. The number of methoxy groups -OCH3 is 1. The number of benzene rings is 1. The molecule has 0 bridgehead atoms. The lowest BCUT2D eigenvalue weighted by atomic mass is 10.1. The van der Waals surface area contributed by atoms with E-state index in [-0.39, 0.29) is 11.7 Å². The Labute approximate surface area is 117 Å². The molecule has 1 amide bonds. The number of hydrogen-bond acceptors (Lipinski definition) is 4. The lowest BCUT2D eigenvalue weighted by Gasteiger charge is -2.09. The highest BCUT2D eigenvalue weighted by atomic mass is 16.5. The van der Waals surface area contributed by atoms with Crippen molar-refractivity contribution >= 4 is 11.6 Å². The van der Waals surface area contributed by atoms with Crippen molar-refractivity contribution in [2.75, 3.05) is 7.11 Å². The van der Waals surface area contributed by atoms with E-state index in [1.807, 2.05) is 25.1 Å². The van der Waals surface area contributed by atoms with E-state index in [1.165, 1.54) is 6.26 Å². The van der Waals surface area contributed by atoms with Gasteiger partial charge in [0.15, 0.2) is 5.76 Å². The number of nitrogens with zero attached hydrogens (tertiary/aromatic N) is 1.